The highest BCUT2D eigenvalue weighted by molar-refractivity contribution is 8.04. The predicted octanol–water partition coefficient (Wildman–Crippen LogP) is 2.99. The zero-order chi connectivity index (χ0) is 10.4. The van der Waals surface area contributed by atoms with Crippen LogP contribution < -0.4 is 0 Å². The summed E-state index contributed by atoms with van der Waals surface area (Å²) in [6, 6.07) is 9.39. The van der Waals surface area contributed by atoms with E-state index in [0.717, 1.165) is 17.3 Å². The molecule has 2 nitrogen and oxygen atoms in total. The maximum absolute atomic E-state index is 8.73. The van der Waals surface area contributed by atoms with E-state index in [1.165, 1.54) is 0 Å². The zero-order valence-corrected chi connectivity index (χ0v) is 8.85. The Hall–Kier alpha value is -1.16. The van der Waals surface area contributed by atoms with Crippen LogP contribution in [0, 0.1) is 22.0 Å². The molecule has 0 radical (unpaired) electrons. The van der Waals surface area contributed by atoms with Gasteiger partial charge < -0.3 is 0 Å². The average molecular weight is 223 g/mol. The summed E-state index contributed by atoms with van der Waals surface area (Å²) in [5, 5.41) is 19.4. The summed E-state index contributed by atoms with van der Waals surface area (Å²) < 4.78 is 0. The molecule has 0 aliphatic carbocycles. The Kier molecular flexibility index (Phi) is 4.32. The van der Waals surface area contributed by atoms with Gasteiger partial charge in [0.05, 0.1) is 6.07 Å². The molecule has 0 unspecified atom stereocenters. The summed E-state index contributed by atoms with van der Waals surface area (Å²) in [5.41, 5.74) is 0.979. The number of thioether (sulfide) groups is 1. The van der Waals surface area contributed by atoms with E-state index in [0.29, 0.717) is 11.4 Å². The maximum atomic E-state index is 8.73. The van der Waals surface area contributed by atoms with Gasteiger partial charge in [-0.05, 0) is 35.9 Å². The first-order chi connectivity index (χ1) is 6.76. The number of hydrogen-bond donors (Lipinski definition) is 0. The topological polar surface area (TPSA) is 47.6 Å². The van der Waals surface area contributed by atoms with Gasteiger partial charge in [0.2, 0.25) is 0 Å². The molecule has 0 saturated heterocycles. The number of thiocyanates is 1. The zero-order valence-electron chi connectivity index (χ0n) is 7.27. The molecule has 0 fully saturated rings. The molecule has 70 valence electrons. The SMILES string of the molecule is N#CS[C@@H](C#N)Cc1cccc(Cl)c1. The molecule has 0 heterocycles. The van der Waals surface area contributed by atoms with Crippen molar-refractivity contribution in [1.29, 1.82) is 10.5 Å². The summed E-state index contributed by atoms with van der Waals surface area (Å²) >= 11 is 6.77. The van der Waals surface area contributed by atoms with E-state index in [9.17, 15) is 0 Å². The fraction of sp³-hybridized carbons (Fsp3) is 0.200. The molecular weight excluding hydrogens is 216 g/mol. The second kappa shape index (κ2) is 5.54. The third-order valence-electron chi connectivity index (χ3n) is 1.65. The average Bonchev–Trinajstić information content (AvgIpc) is 2.17. The quantitative estimate of drug-likeness (QED) is 0.739. The van der Waals surface area contributed by atoms with Gasteiger partial charge in [-0.25, -0.2) is 0 Å². The van der Waals surface area contributed by atoms with Crippen LogP contribution in [-0.2, 0) is 6.42 Å². The summed E-state index contributed by atoms with van der Waals surface area (Å²) in [4.78, 5) is 0. The van der Waals surface area contributed by atoms with E-state index in [1.54, 1.807) is 6.07 Å². The Morgan fingerprint density at radius 3 is 2.79 bits per heavy atom. The second-order valence-electron chi connectivity index (χ2n) is 2.66. The van der Waals surface area contributed by atoms with Crippen molar-refractivity contribution in [3.8, 4) is 11.5 Å². The van der Waals surface area contributed by atoms with E-state index in [4.69, 9.17) is 22.1 Å². The Morgan fingerprint density at radius 1 is 1.43 bits per heavy atom. The van der Waals surface area contributed by atoms with Crippen LogP contribution >= 0.6 is 23.4 Å². The molecule has 14 heavy (non-hydrogen) atoms. The highest BCUT2D eigenvalue weighted by Gasteiger charge is 2.08. The first-order valence-electron chi connectivity index (χ1n) is 3.95. The Bertz CT molecular complexity index is 392. The van der Waals surface area contributed by atoms with E-state index < -0.39 is 0 Å². The molecule has 0 bridgehead atoms. The Balaban J connectivity index is 2.69. The molecule has 0 N–H and O–H groups in total. The van der Waals surface area contributed by atoms with Gasteiger partial charge in [0.15, 0.2) is 0 Å². The van der Waals surface area contributed by atoms with Gasteiger partial charge in [0.25, 0.3) is 0 Å². The van der Waals surface area contributed by atoms with Crippen molar-refractivity contribution in [2.45, 2.75) is 11.7 Å². The summed E-state index contributed by atoms with van der Waals surface area (Å²) in [5.74, 6) is 0. The molecule has 0 aliphatic heterocycles. The fourth-order valence-electron chi connectivity index (χ4n) is 1.06. The molecule has 1 aromatic rings. The molecule has 1 rings (SSSR count). The van der Waals surface area contributed by atoms with Crippen molar-refractivity contribution in [1.82, 2.24) is 0 Å². The van der Waals surface area contributed by atoms with E-state index in [2.05, 4.69) is 6.07 Å². The number of hydrogen-bond acceptors (Lipinski definition) is 3. The van der Waals surface area contributed by atoms with Crippen LogP contribution in [0.2, 0.25) is 5.02 Å². The first kappa shape index (κ1) is 10.9. The van der Waals surface area contributed by atoms with Crippen molar-refractivity contribution in [2.24, 2.45) is 0 Å². The molecule has 4 heteroatoms. The number of benzene rings is 1. The van der Waals surface area contributed by atoms with Crippen LogP contribution in [0.25, 0.3) is 0 Å². The molecule has 1 atom stereocenters. The lowest BCUT2D eigenvalue weighted by Gasteiger charge is -2.03. The molecule has 0 spiro atoms. The third-order valence-corrected chi connectivity index (χ3v) is 2.55. The molecule has 0 amide bonds. The van der Waals surface area contributed by atoms with Crippen LogP contribution in [0.3, 0.4) is 0 Å². The Morgan fingerprint density at radius 2 is 2.21 bits per heavy atom. The number of nitriles is 2. The van der Waals surface area contributed by atoms with Gasteiger partial charge in [-0.3, -0.25) is 0 Å². The van der Waals surface area contributed by atoms with Gasteiger partial charge >= 0.3 is 0 Å². The van der Waals surface area contributed by atoms with Gasteiger partial charge in [-0.15, -0.1) is 0 Å². The standard InChI is InChI=1S/C10H7ClN2S/c11-9-3-1-2-8(4-9)5-10(6-12)14-7-13/h1-4,10H,5H2/t10-/m1/s1. The molecule has 0 saturated carbocycles. The molecule has 0 aromatic heterocycles. The van der Waals surface area contributed by atoms with Crippen molar-refractivity contribution < 1.29 is 0 Å². The number of nitrogens with zero attached hydrogens (tertiary/aromatic N) is 2. The van der Waals surface area contributed by atoms with Crippen LogP contribution in [0.5, 0.6) is 0 Å². The summed E-state index contributed by atoms with van der Waals surface area (Å²) in [7, 11) is 0. The Labute approximate surface area is 92.1 Å². The maximum Gasteiger partial charge on any atom is 0.134 e. The largest absolute Gasteiger partial charge is 0.197 e. The lowest BCUT2D eigenvalue weighted by molar-refractivity contribution is 1.03. The summed E-state index contributed by atoms with van der Waals surface area (Å²) in [6.45, 7) is 0. The van der Waals surface area contributed by atoms with Crippen LogP contribution in [-0.4, -0.2) is 5.25 Å². The minimum Gasteiger partial charge on any atom is -0.197 e. The predicted molar refractivity (Wildman–Crippen MR) is 57.8 cm³/mol. The number of rotatable bonds is 3. The minimum atomic E-state index is -0.321. The van der Waals surface area contributed by atoms with Gasteiger partial charge in [0.1, 0.15) is 10.7 Å². The van der Waals surface area contributed by atoms with E-state index in [-0.39, 0.29) is 5.25 Å². The fourth-order valence-corrected chi connectivity index (χ4v) is 1.72. The van der Waals surface area contributed by atoms with Crippen molar-refractivity contribution in [3.05, 3.63) is 34.9 Å². The van der Waals surface area contributed by atoms with Crippen LogP contribution in [0.1, 0.15) is 5.56 Å². The van der Waals surface area contributed by atoms with E-state index in [1.807, 2.05) is 23.6 Å². The molecule has 1 aromatic carbocycles. The normalized spacial score (nSPS) is 11.4. The third kappa shape index (κ3) is 3.30. The second-order valence-corrected chi connectivity index (χ2v) is 4.08. The molecular formula is C10H7ClN2S. The van der Waals surface area contributed by atoms with E-state index >= 15 is 0 Å². The van der Waals surface area contributed by atoms with Gasteiger partial charge in [0, 0.05) is 5.02 Å². The monoisotopic (exact) mass is 222 g/mol. The van der Waals surface area contributed by atoms with Crippen LogP contribution in [0.15, 0.2) is 24.3 Å². The smallest absolute Gasteiger partial charge is 0.134 e. The van der Waals surface area contributed by atoms with Gasteiger partial charge in [-0.2, -0.15) is 10.5 Å². The van der Waals surface area contributed by atoms with Crippen LogP contribution in [0.4, 0.5) is 0 Å². The summed E-state index contributed by atoms with van der Waals surface area (Å²) in [6.07, 6.45) is 0.551. The van der Waals surface area contributed by atoms with Crippen molar-refractivity contribution >= 4 is 23.4 Å². The van der Waals surface area contributed by atoms with Gasteiger partial charge in [-0.1, -0.05) is 23.7 Å². The lowest BCUT2D eigenvalue weighted by atomic mass is 10.1. The number of halogens is 1. The first-order valence-corrected chi connectivity index (χ1v) is 5.21. The highest BCUT2D eigenvalue weighted by atomic mass is 35.5. The minimum absolute atomic E-state index is 0.321. The van der Waals surface area contributed by atoms with Crippen molar-refractivity contribution in [3.63, 3.8) is 0 Å². The lowest BCUT2D eigenvalue weighted by Crippen LogP contribution is -2.02. The highest BCUT2D eigenvalue weighted by Crippen LogP contribution is 2.17. The van der Waals surface area contributed by atoms with Crippen molar-refractivity contribution in [2.75, 3.05) is 0 Å². The molecule has 0 aliphatic rings.